The highest BCUT2D eigenvalue weighted by molar-refractivity contribution is 5.97. The predicted octanol–water partition coefficient (Wildman–Crippen LogP) is 0.657. The maximum atomic E-state index is 12.3. The topological polar surface area (TPSA) is 58.6 Å². The smallest absolute Gasteiger partial charge is 0.257 e. The van der Waals surface area contributed by atoms with Gasteiger partial charge in [-0.15, -0.1) is 0 Å². The van der Waals surface area contributed by atoms with Gasteiger partial charge in [-0.05, 0) is 12.1 Å². The maximum Gasteiger partial charge on any atom is 0.257 e. The van der Waals surface area contributed by atoms with Crippen LogP contribution in [0.15, 0.2) is 24.3 Å². The molecule has 0 spiro atoms. The summed E-state index contributed by atoms with van der Waals surface area (Å²) in [6.07, 6.45) is 0.348. The zero-order valence-corrected chi connectivity index (χ0v) is 10.3. The summed E-state index contributed by atoms with van der Waals surface area (Å²) < 4.78 is 5.18. The van der Waals surface area contributed by atoms with Crippen molar-refractivity contribution < 1.29 is 14.3 Å². The Balaban J connectivity index is 2.17. The minimum atomic E-state index is -0.0936. The Morgan fingerprint density at radius 3 is 2.89 bits per heavy atom. The normalized spacial score (nSPS) is 15.8. The lowest BCUT2D eigenvalue weighted by Crippen LogP contribution is -2.34. The van der Waals surface area contributed by atoms with Crippen LogP contribution in [0.1, 0.15) is 16.8 Å². The molecule has 1 aliphatic heterocycles. The van der Waals surface area contributed by atoms with Crippen LogP contribution in [-0.4, -0.2) is 43.5 Å². The summed E-state index contributed by atoms with van der Waals surface area (Å²) in [4.78, 5) is 25.3. The van der Waals surface area contributed by atoms with Gasteiger partial charge in [0.05, 0.1) is 12.7 Å². The summed E-state index contributed by atoms with van der Waals surface area (Å²) >= 11 is 0. The lowest BCUT2D eigenvalue weighted by Gasteiger charge is -2.20. The summed E-state index contributed by atoms with van der Waals surface area (Å²) in [5.74, 6) is 0.459. The van der Waals surface area contributed by atoms with Crippen molar-refractivity contribution in [3.63, 3.8) is 0 Å². The van der Waals surface area contributed by atoms with Gasteiger partial charge >= 0.3 is 0 Å². The van der Waals surface area contributed by atoms with Gasteiger partial charge in [-0.3, -0.25) is 9.59 Å². The molecule has 0 saturated carbocycles. The third kappa shape index (κ3) is 2.61. The molecule has 1 heterocycles. The number of carbonyl (C=O) groups excluding carboxylic acids is 2. The van der Waals surface area contributed by atoms with Crippen LogP contribution in [0, 0.1) is 0 Å². The molecule has 5 nitrogen and oxygen atoms in total. The molecule has 1 N–H and O–H groups in total. The average molecular weight is 248 g/mol. The van der Waals surface area contributed by atoms with Crippen molar-refractivity contribution in [2.24, 2.45) is 0 Å². The van der Waals surface area contributed by atoms with Gasteiger partial charge in [0.25, 0.3) is 5.91 Å². The molecule has 0 radical (unpaired) electrons. The SMILES string of the molecule is COc1ccccc1C(=O)N1CCNC(=O)CC1. The molecule has 1 saturated heterocycles. The standard InChI is InChI=1S/C13H16N2O3/c1-18-11-5-3-2-4-10(11)13(17)15-8-6-12(16)14-7-9-15/h2-5H,6-9H2,1H3,(H,14,16). The molecule has 0 atom stereocenters. The molecule has 1 aromatic rings. The Kier molecular flexibility index (Phi) is 3.82. The fourth-order valence-electron chi connectivity index (χ4n) is 1.96. The number of hydrogen-bond donors (Lipinski definition) is 1. The number of benzene rings is 1. The Labute approximate surface area is 106 Å². The number of para-hydroxylation sites is 1. The summed E-state index contributed by atoms with van der Waals surface area (Å²) in [5.41, 5.74) is 0.536. The van der Waals surface area contributed by atoms with Crippen LogP contribution in [0.3, 0.4) is 0 Å². The first-order valence-electron chi connectivity index (χ1n) is 5.91. The van der Waals surface area contributed by atoms with Crippen LogP contribution >= 0.6 is 0 Å². The second-order valence-corrected chi connectivity index (χ2v) is 4.09. The number of carbonyl (C=O) groups is 2. The van der Waals surface area contributed by atoms with E-state index in [0.29, 0.717) is 37.4 Å². The third-order valence-corrected chi connectivity index (χ3v) is 2.94. The van der Waals surface area contributed by atoms with Gasteiger partial charge in [0.1, 0.15) is 5.75 Å². The molecule has 0 unspecified atom stereocenters. The zero-order chi connectivity index (χ0) is 13.0. The number of methoxy groups -OCH3 is 1. The van der Waals surface area contributed by atoms with Gasteiger partial charge in [0, 0.05) is 26.1 Å². The molecule has 1 aliphatic rings. The fraction of sp³-hybridized carbons (Fsp3) is 0.385. The van der Waals surface area contributed by atoms with Crippen molar-refractivity contribution in [3.8, 4) is 5.75 Å². The van der Waals surface area contributed by atoms with E-state index >= 15 is 0 Å². The van der Waals surface area contributed by atoms with Crippen LogP contribution in [0.25, 0.3) is 0 Å². The van der Waals surface area contributed by atoms with Gasteiger partial charge in [0.15, 0.2) is 0 Å². The predicted molar refractivity (Wildman–Crippen MR) is 66.5 cm³/mol. The molecule has 1 aromatic carbocycles. The largest absolute Gasteiger partial charge is 0.496 e. The lowest BCUT2D eigenvalue weighted by molar-refractivity contribution is -0.120. The molecule has 5 heteroatoms. The third-order valence-electron chi connectivity index (χ3n) is 2.94. The molecule has 1 fully saturated rings. The van der Waals surface area contributed by atoms with Crippen molar-refractivity contribution in [1.82, 2.24) is 10.2 Å². The molecule has 0 aromatic heterocycles. The average Bonchev–Trinajstić information content (AvgIpc) is 2.62. The highest BCUT2D eigenvalue weighted by Gasteiger charge is 2.21. The van der Waals surface area contributed by atoms with E-state index in [-0.39, 0.29) is 11.8 Å². The minimum Gasteiger partial charge on any atom is -0.496 e. The molecular weight excluding hydrogens is 232 g/mol. The number of ether oxygens (including phenoxy) is 1. The Hall–Kier alpha value is -2.04. The van der Waals surface area contributed by atoms with Crippen LogP contribution in [0.4, 0.5) is 0 Å². The summed E-state index contributed by atoms with van der Waals surface area (Å²) in [5, 5.41) is 2.75. The highest BCUT2D eigenvalue weighted by atomic mass is 16.5. The van der Waals surface area contributed by atoms with E-state index in [1.807, 2.05) is 6.07 Å². The van der Waals surface area contributed by atoms with Gasteiger partial charge in [-0.2, -0.15) is 0 Å². The minimum absolute atomic E-state index is 0.00896. The number of amides is 2. The molecule has 0 bridgehead atoms. The van der Waals surface area contributed by atoms with E-state index in [0.717, 1.165) is 0 Å². The van der Waals surface area contributed by atoms with Crippen molar-refractivity contribution >= 4 is 11.8 Å². The molecule has 2 amide bonds. The van der Waals surface area contributed by atoms with E-state index in [1.54, 1.807) is 30.2 Å². The maximum absolute atomic E-state index is 12.3. The highest BCUT2D eigenvalue weighted by Crippen LogP contribution is 2.19. The van der Waals surface area contributed by atoms with Crippen LogP contribution < -0.4 is 10.1 Å². The lowest BCUT2D eigenvalue weighted by atomic mass is 10.1. The Morgan fingerprint density at radius 1 is 1.33 bits per heavy atom. The molecule has 18 heavy (non-hydrogen) atoms. The van der Waals surface area contributed by atoms with Gasteiger partial charge in [0.2, 0.25) is 5.91 Å². The van der Waals surface area contributed by atoms with Crippen molar-refractivity contribution in [3.05, 3.63) is 29.8 Å². The van der Waals surface area contributed by atoms with E-state index in [2.05, 4.69) is 5.32 Å². The van der Waals surface area contributed by atoms with Gasteiger partial charge in [-0.1, -0.05) is 12.1 Å². The molecular formula is C13H16N2O3. The first kappa shape index (κ1) is 12.4. The van der Waals surface area contributed by atoms with E-state index in [9.17, 15) is 9.59 Å². The second-order valence-electron chi connectivity index (χ2n) is 4.09. The van der Waals surface area contributed by atoms with Crippen LogP contribution in [-0.2, 0) is 4.79 Å². The molecule has 2 rings (SSSR count). The Bertz CT molecular complexity index is 459. The van der Waals surface area contributed by atoms with Crippen LogP contribution in [0.2, 0.25) is 0 Å². The number of nitrogens with one attached hydrogen (secondary N) is 1. The van der Waals surface area contributed by atoms with E-state index in [1.165, 1.54) is 0 Å². The summed E-state index contributed by atoms with van der Waals surface area (Å²) in [7, 11) is 1.54. The van der Waals surface area contributed by atoms with Gasteiger partial charge < -0.3 is 15.0 Å². The molecule has 96 valence electrons. The summed E-state index contributed by atoms with van der Waals surface area (Å²) in [6, 6.07) is 7.12. The number of hydrogen-bond acceptors (Lipinski definition) is 3. The zero-order valence-electron chi connectivity index (χ0n) is 10.3. The van der Waals surface area contributed by atoms with Gasteiger partial charge in [-0.25, -0.2) is 0 Å². The first-order valence-corrected chi connectivity index (χ1v) is 5.91. The van der Waals surface area contributed by atoms with E-state index < -0.39 is 0 Å². The molecule has 0 aliphatic carbocycles. The monoisotopic (exact) mass is 248 g/mol. The Morgan fingerprint density at radius 2 is 2.11 bits per heavy atom. The summed E-state index contributed by atoms with van der Waals surface area (Å²) in [6.45, 7) is 1.48. The van der Waals surface area contributed by atoms with Crippen molar-refractivity contribution in [2.45, 2.75) is 6.42 Å². The van der Waals surface area contributed by atoms with Crippen LogP contribution in [0.5, 0.6) is 5.75 Å². The van der Waals surface area contributed by atoms with E-state index in [4.69, 9.17) is 4.74 Å². The first-order chi connectivity index (χ1) is 8.72. The second kappa shape index (κ2) is 5.53. The number of nitrogens with zero attached hydrogens (tertiary/aromatic N) is 1. The van der Waals surface area contributed by atoms with Crippen molar-refractivity contribution in [1.29, 1.82) is 0 Å². The van der Waals surface area contributed by atoms with Crippen molar-refractivity contribution in [2.75, 3.05) is 26.7 Å². The number of rotatable bonds is 2. The quantitative estimate of drug-likeness (QED) is 0.836. The fourth-order valence-corrected chi connectivity index (χ4v) is 1.96.